The maximum absolute atomic E-state index is 13.4. The number of halogens is 1. The van der Waals surface area contributed by atoms with Crippen molar-refractivity contribution in [1.29, 1.82) is 0 Å². The van der Waals surface area contributed by atoms with E-state index in [2.05, 4.69) is 24.3 Å². The van der Waals surface area contributed by atoms with Crippen LogP contribution in [0, 0.1) is 11.8 Å². The van der Waals surface area contributed by atoms with Gasteiger partial charge in [0.1, 0.15) is 0 Å². The second kappa shape index (κ2) is 10.4. The molecule has 3 fully saturated rings. The molecule has 1 aliphatic heterocycles. The summed E-state index contributed by atoms with van der Waals surface area (Å²) in [5.41, 5.74) is 1.80. The average molecular weight is 589 g/mol. The Bertz CT molecular complexity index is 1190. The molecule has 2 saturated carbocycles. The van der Waals surface area contributed by atoms with Crippen LogP contribution in [0.4, 0.5) is 0 Å². The first-order valence-electron chi connectivity index (χ1n) is 13.1. The summed E-state index contributed by atoms with van der Waals surface area (Å²) in [7, 11) is 0. The van der Waals surface area contributed by atoms with E-state index in [1.807, 2.05) is 6.07 Å². The van der Waals surface area contributed by atoms with Crippen LogP contribution in [0.1, 0.15) is 62.8 Å². The smallest absolute Gasteiger partial charge is 0.393 e. The molecule has 5 nitrogen and oxygen atoms in total. The Morgan fingerprint density at radius 3 is 2.89 bits per heavy atom. The van der Waals surface area contributed by atoms with Crippen LogP contribution in [0.25, 0.3) is 21.7 Å². The Morgan fingerprint density at radius 1 is 1.06 bits per heavy atom. The molecule has 6 heteroatoms. The number of furan rings is 1. The van der Waals surface area contributed by atoms with Crippen molar-refractivity contribution in [2.45, 2.75) is 67.3 Å². The van der Waals surface area contributed by atoms with E-state index in [1.54, 1.807) is 6.26 Å². The Hall–Kier alpha value is -1.64. The van der Waals surface area contributed by atoms with E-state index >= 15 is 0 Å². The molecule has 0 amide bonds. The van der Waals surface area contributed by atoms with E-state index in [0.29, 0.717) is 18.6 Å². The molecule has 3 aromatic rings. The van der Waals surface area contributed by atoms with Crippen LogP contribution in [-0.2, 0) is 9.53 Å². The summed E-state index contributed by atoms with van der Waals surface area (Å²) in [5, 5.41) is 13.8. The van der Waals surface area contributed by atoms with Crippen molar-refractivity contribution < 1.29 is 45.0 Å². The molecule has 5 unspecified atom stereocenters. The maximum atomic E-state index is 13.4. The van der Waals surface area contributed by atoms with Crippen LogP contribution in [0.5, 0.6) is 5.75 Å². The number of carbonyl (C=O) groups excluding carboxylic acids is 1. The van der Waals surface area contributed by atoms with Gasteiger partial charge in [-0.2, -0.15) is 0 Å². The van der Waals surface area contributed by atoms with Gasteiger partial charge in [-0.3, -0.25) is 4.79 Å². The molecule has 0 spiro atoms. The van der Waals surface area contributed by atoms with Crippen molar-refractivity contribution in [3.63, 3.8) is 0 Å². The number of alkyl halides is 2. The van der Waals surface area contributed by atoms with Crippen molar-refractivity contribution in [2.24, 2.45) is 11.8 Å². The number of Topliss-reactive ketones (excluding diaryl/α,β-unsaturated/α-hetero) is 1. The van der Waals surface area contributed by atoms with Gasteiger partial charge in [0.2, 0.25) is 0 Å². The average Bonchev–Trinajstić information content (AvgIpc) is 3.21. The Balaban J connectivity index is 1.22. The van der Waals surface area contributed by atoms with Crippen molar-refractivity contribution in [1.82, 2.24) is 0 Å². The van der Waals surface area contributed by atoms with Gasteiger partial charge in [0.25, 0.3) is 0 Å². The van der Waals surface area contributed by atoms with E-state index in [9.17, 15) is 9.90 Å². The van der Waals surface area contributed by atoms with Crippen LogP contribution < -0.4 is 25.9 Å². The number of benzene rings is 2. The normalized spacial score (nSPS) is 30.0. The monoisotopic (exact) mass is 589 g/mol. The molecule has 1 saturated heterocycles. The molecule has 1 aromatic heterocycles. The molecule has 1 N–H and O–H groups in total. The quantitative estimate of drug-likeness (QED) is 0.367. The van der Waals surface area contributed by atoms with Crippen LogP contribution in [0.15, 0.2) is 41.0 Å². The number of aliphatic hydroxyl groups excluding tert-OH is 1. The van der Waals surface area contributed by atoms with Crippen molar-refractivity contribution in [3.05, 3.63) is 42.2 Å². The van der Waals surface area contributed by atoms with E-state index in [4.69, 9.17) is 13.9 Å². The summed E-state index contributed by atoms with van der Waals surface area (Å²) < 4.78 is 19.6. The summed E-state index contributed by atoms with van der Waals surface area (Å²) in [6, 6.07) is 10.4. The van der Waals surface area contributed by atoms with E-state index in [-0.39, 0.29) is 45.1 Å². The molecular weight excluding hydrogens is 555 g/mol. The van der Waals surface area contributed by atoms with Crippen molar-refractivity contribution in [3.8, 4) is 5.75 Å². The van der Waals surface area contributed by atoms with Gasteiger partial charge in [-0.15, -0.1) is 0 Å². The summed E-state index contributed by atoms with van der Waals surface area (Å²) >= 11 is 0.100. The Labute approximate surface area is 216 Å². The van der Waals surface area contributed by atoms with Crippen molar-refractivity contribution in [2.75, 3.05) is 17.8 Å². The first kappa shape index (κ1) is 23.7. The molecule has 2 aromatic carbocycles. The number of carbonyl (C=O) groups is 1. The molecule has 3 aliphatic rings. The number of aliphatic hydroxyl groups is 1. The number of ether oxygens (including phenoxy) is 2. The molecule has 0 radical (unpaired) electrons. The van der Waals surface area contributed by atoms with E-state index in [0.717, 1.165) is 74.1 Å². The minimum atomic E-state index is -0.352. The van der Waals surface area contributed by atoms with Crippen LogP contribution in [-0.4, -0.2) is 38.7 Å². The van der Waals surface area contributed by atoms with Crippen LogP contribution in [0.2, 0.25) is 0 Å². The second-order valence-corrected chi connectivity index (χ2v) is 13.6. The van der Waals surface area contributed by atoms with Crippen molar-refractivity contribution >= 4 is 27.5 Å². The zero-order valence-electron chi connectivity index (χ0n) is 20.1. The minimum Gasteiger partial charge on any atom is -0.393 e. The van der Waals surface area contributed by atoms with Gasteiger partial charge in [-0.25, -0.2) is 0 Å². The van der Waals surface area contributed by atoms with Crippen LogP contribution >= 0.6 is 0 Å². The van der Waals surface area contributed by atoms with Gasteiger partial charge in [0, 0.05) is 5.92 Å². The number of ketones is 1. The standard InChI is InChI=1S/C29H34IO5/c31-26-10-9-24(29(32)23-8-7-22(23)26)25-16-35-27-11-4-18-15-20(5-6-21(18)28(25)27)34-14-12-19-3-1-2-13-33-17-30-19/h4-6,11,15-16,19,22-24,26,31H,1-3,7-10,12-14,17H2/q-1. The molecule has 35 heavy (non-hydrogen) atoms. The SMILES string of the molecule is O=C1C(c2coc3ccc4cc(OCCC5CCCCOC[I-]5)ccc4c23)CCC(O)C2CCC12. The van der Waals surface area contributed by atoms with Gasteiger partial charge in [-0.05, 0) is 25.2 Å². The number of hydrogen-bond acceptors (Lipinski definition) is 5. The topological polar surface area (TPSA) is 68.9 Å². The predicted molar refractivity (Wildman–Crippen MR) is 131 cm³/mol. The third kappa shape index (κ3) is 4.74. The fourth-order valence-electron chi connectivity index (χ4n) is 6.18. The van der Waals surface area contributed by atoms with E-state index in [1.165, 1.54) is 19.3 Å². The molecular formula is C29H34IO5-. The number of fused-ring (bicyclic) bond motifs is 4. The van der Waals surface area contributed by atoms with Gasteiger partial charge in [0.05, 0.1) is 6.10 Å². The third-order valence-corrected chi connectivity index (χ3v) is 11.6. The minimum absolute atomic E-state index is 0.00394. The summed E-state index contributed by atoms with van der Waals surface area (Å²) in [6.45, 7) is 1.68. The number of rotatable bonds is 5. The van der Waals surface area contributed by atoms with Gasteiger partial charge < -0.3 is 5.11 Å². The molecule has 0 bridgehead atoms. The first-order valence-corrected chi connectivity index (χ1v) is 15.9. The second-order valence-electron chi connectivity index (χ2n) is 10.4. The first-order chi connectivity index (χ1) is 17.2. The third-order valence-electron chi connectivity index (χ3n) is 8.33. The van der Waals surface area contributed by atoms with Gasteiger partial charge in [0.15, 0.2) is 0 Å². The van der Waals surface area contributed by atoms with Gasteiger partial charge in [-0.1, -0.05) is 0 Å². The fraction of sp³-hybridized carbons (Fsp3) is 0.552. The Kier molecular flexibility index (Phi) is 7.04. The summed E-state index contributed by atoms with van der Waals surface area (Å²) in [4.78, 5) is 13.4. The fourth-order valence-corrected chi connectivity index (χ4v) is 8.83. The molecule has 2 heterocycles. The molecule has 5 atom stereocenters. The van der Waals surface area contributed by atoms with Crippen LogP contribution in [0.3, 0.4) is 0 Å². The zero-order valence-corrected chi connectivity index (χ0v) is 22.2. The number of hydrogen-bond donors (Lipinski definition) is 1. The zero-order chi connectivity index (χ0) is 23.8. The summed E-state index contributed by atoms with van der Waals surface area (Å²) in [5.74, 6) is 1.15. The molecule has 6 rings (SSSR count). The molecule has 2 aliphatic carbocycles. The summed E-state index contributed by atoms with van der Waals surface area (Å²) in [6.07, 6.45) is 9.56. The Morgan fingerprint density at radius 2 is 2.00 bits per heavy atom. The van der Waals surface area contributed by atoms with E-state index < -0.39 is 0 Å². The van der Waals surface area contributed by atoms with Gasteiger partial charge >= 0.3 is 170 Å². The predicted octanol–water partition coefficient (Wildman–Crippen LogP) is 2.80. The molecule has 188 valence electrons.